The Morgan fingerprint density at radius 1 is 1.31 bits per heavy atom. The third kappa shape index (κ3) is 2.22. The van der Waals surface area contributed by atoms with Gasteiger partial charge in [-0.1, -0.05) is 37.6 Å². The molecule has 0 aromatic heterocycles. The van der Waals surface area contributed by atoms with Crippen LogP contribution in [0.3, 0.4) is 0 Å². The molecule has 0 aliphatic carbocycles. The Kier molecular flexibility index (Phi) is 3.73. The number of rotatable bonds is 3. The summed E-state index contributed by atoms with van der Waals surface area (Å²) in [4.78, 5) is 0. The van der Waals surface area contributed by atoms with E-state index in [0.717, 1.165) is 18.4 Å². The van der Waals surface area contributed by atoms with E-state index in [1.54, 1.807) is 12.1 Å². The van der Waals surface area contributed by atoms with E-state index in [1.165, 1.54) is 0 Å². The molecule has 0 spiro atoms. The summed E-state index contributed by atoms with van der Waals surface area (Å²) >= 11 is 5.70. The molecule has 0 aliphatic rings. The van der Waals surface area contributed by atoms with Gasteiger partial charge in [-0.05, 0) is 30.4 Å². The summed E-state index contributed by atoms with van der Waals surface area (Å²) in [5, 5.41) is 0.226. The first-order valence-electron chi connectivity index (χ1n) is 4.64. The predicted octanol–water partition coefficient (Wildman–Crippen LogP) is 4.38. The van der Waals surface area contributed by atoms with Gasteiger partial charge in [0, 0.05) is 0 Å². The quantitative estimate of drug-likeness (QED) is 0.679. The fourth-order valence-electron chi connectivity index (χ4n) is 1.56. The molecule has 0 saturated heterocycles. The minimum atomic E-state index is -0.252. The Morgan fingerprint density at radius 2 is 1.92 bits per heavy atom. The highest BCUT2D eigenvalue weighted by molar-refractivity contribution is 6.30. The predicted molar refractivity (Wildman–Crippen MR) is 54.7 cm³/mol. The molecular formula is C11H14ClF. The van der Waals surface area contributed by atoms with Crippen molar-refractivity contribution in [3.05, 3.63) is 34.6 Å². The summed E-state index contributed by atoms with van der Waals surface area (Å²) in [7, 11) is 0. The number of benzene rings is 1. The van der Waals surface area contributed by atoms with Gasteiger partial charge in [0.1, 0.15) is 5.82 Å². The minimum Gasteiger partial charge on any atom is -0.205 e. The van der Waals surface area contributed by atoms with Crippen LogP contribution in [0.25, 0.3) is 0 Å². The van der Waals surface area contributed by atoms with E-state index >= 15 is 0 Å². The Hall–Kier alpha value is -0.560. The van der Waals surface area contributed by atoms with Crippen molar-refractivity contribution in [2.75, 3.05) is 0 Å². The van der Waals surface area contributed by atoms with Crippen LogP contribution in [0.2, 0.25) is 5.02 Å². The van der Waals surface area contributed by atoms with Crippen molar-refractivity contribution >= 4 is 11.6 Å². The van der Waals surface area contributed by atoms with Crippen molar-refractivity contribution in [3.8, 4) is 0 Å². The second kappa shape index (κ2) is 4.61. The van der Waals surface area contributed by atoms with Crippen molar-refractivity contribution in [1.29, 1.82) is 0 Å². The van der Waals surface area contributed by atoms with Crippen LogP contribution in [0, 0.1) is 5.82 Å². The number of halogens is 2. The molecule has 1 rings (SSSR count). The van der Waals surface area contributed by atoms with Crippen molar-refractivity contribution in [1.82, 2.24) is 0 Å². The zero-order valence-electron chi connectivity index (χ0n) is 7.98. The van der Waals surface area contributed by atoms with Gasteiger partial charge in [0.25, 0.3) is 0 Å². The highest BCUT2D eigenvalue weighted by Crippen LogP contribution is 2.28. The lowest BCUT2D eigenvalue weighted by atomic mass is 9.94. The number of hydrogen-bond donors (Lipinski definition) is 0. The lowest BCUT2D eigenvalue weighted by Gasteiger charge is -2.13. The summed E-state index contributed by atoms with van der Waals surface area (Å²) in [5.74, 6) is 0.0385. The van der Waals surface area contributed by atoms with Gasteiger partial charge in [-0.3, -0.25) is 0 Å². The lowest BCUT2D eigenvalue weighted by Crippen LogP contribution is -1.99. The maximum absolute atomic E-state index is 13.5. The van der Waals surface area contributed by atoms with Crippen LogP contribution in [-0.4, -0.2) is 0 Å². The van der Waals surface area contributed by atoms with Crippen molar-refractivity contribution in [2.45, 2.75) is 32.6 Å². The molecule has 0 N–H and O–H groups in total. The summed E-state index contributed by atoms with van der Waals surface area (Å²) in [5.41, 5.74) is 0.748. The van der Waals surface area contributed by atoms with Crippen molar-refractivity contribution in [2.24, 2.45) is 0 Å². The van der Waals surface area contributed by atoms with Gasteiger partial charge in [0.2, 0.25) is 0 Å². The van der Waals surface area contributed by atoms with Crippen LogP contribution in [0.15, 0.2) is 18.2 Å². The van der Waals surface area contributed by atoms with E-state index in [0.29, 0.717) is 5.92 Å². The van der Waals surface area contributed by atoms with Gasteiger partial charge in [0.15, 0.2) is 0 Å². The van der Waals surface area contributed by atoms with Gasteiger partial charge < -0.3 is 0 Å². The van der Waals surface area contributed by atoms with E-state index in [9.17, 15) is 4.39 Å². The summed E-state index contributed by atoms with van der Waals surface area (Å²) in [6.07, 6.45) is 1.90. The maximum atomic E-state index is 13.5. The van der Waals surface area contributed by atoms with E-state index in [2.05, 4.69) is 13.8 Å². The van der Waals surface area contributed by atoms with Gasteiger partial charge in [0.05, 0.1) is 5.02 Å². The lowest BCUT2D eigenvalue weighted by molar-refractivity contribution is 0.558. The molecule has 1 aromatic carbocycles. The third-order valence-corrected chi connectivity index (χ3v) is 2.70. The van der Waals surface area contributed by atoms with Crippen molar-refractivity contribution < 1.29 is 4.39 Å². The molecule has 0 atom stereocenters. The van der Waals surface area contributed by atoms with Crippen molar-refractivity contribution in [3.63, 3.8) is 0 Å². The summed E-state index contributed by atoms with van der Waals surface area (Å²) in [6.45, 7) is 4.13. The van der Waals surface area contributed by atoms with E-state index in [1.807, 2.05) is 6.07 Å². The molecule has 0 nitrogen and oxygen atoms in total. The van der Waals surface area contributed by atoms with E-state index in [4.69, 9.17) is 11.6 Å². The van der Waals surface area contributed by atoms with Crippen LogP contribution in [0.1, 0.15) is 38.2 Å². The first-order valence-corrected chi connectivity index (χ1v) is 5.02. The van der Waals surface area contributed by atoms with Crippen LogP contribution in [-0.2, 0) is 0 Å². The fourth-order valence-corrected chi connectivity index (χ4v) is 1.75. The zero-order valence-corrected chi connectivity index (χ0v) is 8.74. The normalized spacial score (nSPS) is 10.8. The fraction of sp³-hybridized carbons (Fsp3) is 0.455. The second-order valence-corrected chi connectivity index (χ2v) is 3.56. The molecule has 0 radical (unpaired) electrons. The Morgan fingerprint density at radius 3 is 2.46 bits per heavy atom. The standard InChI is InChI=1S/C11H14ClF/c1-3-8(4-2)9-6-5-7-10(12)11(9)13/h5-8H,3-4H2,1-2H3. The highest BCUT2D eigenvalue weighted by Gasteiger charge is 2.13. The molecule has 0 unspecified atom stereocenters. The first kappa shape index (κ1) is 10.5. The minimum absolute atomic E-state index is 0.226. The second-order valence-electron chi connectivity index (χ2n) is 3.16. The molecule has 2 heteroatoms. The number of hydrogen-bond acceptors (Lipinski definition) is 0. The Labute approximate surface area is 83.7 Å². The molecule has 0 fully saturated rings. The van der Waals surface area contributed by atoms with Crippen LogP contribution < -0.4 is 0 Å². The molecule has 0 saturated carbocycles. The topological polar surface area (TPSA) is 0 Å². The molecule has 0 heterocycles. The summed E-state index contributed by atoms with van der Waals surface area (Å²) in [6, 6.07) is 5.21. The maximum Gasteiger partial charge on any atom is 0.145 e. The largest absolute Gasteiger partial charge is 0.205 e. The molecule has 0 aliphatic heterocycles. The van der Waals surface area contributed by atoms with Gasteiger partial charge in [-0.2, -0.15) is 0 Å². The van der Waals surface area contributed by atoms with Gasteiger partial charge >= 0.3 is 0 Å². The Balaban J connectivity index is 3.05. The summed E-state index contributed by atoms with van der Waals surface area (Å²) < 4.78 is 13.5. The molecule has 1 aromatic rings. The molecular weight excluding hydrogens is 187 g/mol. The average Bonchev–Trinajstić information content (AvgIpc) is 2.14. The SMILES string of the molecule is CCC(CC)c1cccc(Cl)c1F. The van der Waals surface area contributed by atoms with Crippen LogP contribution >= 0.6 is 11.6 Å². The molecule has 13 heavy (non-hydrogen) atoms. The smallest absolute Gasteiger partial charge is 0.145 e. The van der Waals surface area contributed by atoms with E-state index in [-0.39, 0.29) is 10.8 Å². The molecule has 0 bridgehead atoms. The van der Waals surface area contributed by atoms with Crippen LogP contribution in [0.4, 0.5) is 4.39 Å². The van der Waals surface area contributed by atoms with E-state index < -0.39 is 0 Å². The highest BCUT2D eigenvalue weighted by atomic mass is 35.5. The molecule has 0 amide bonds. The van der Waals surface area contributed by atoms with Gasteiger partial charge in [-0.25, -0.2) is 4.39 Å². The average molecular weight is 201 g/mol. The zero-order chi connectivity index (χ0) is 9.84. The van der Waals surface area contributed by atoms with Gasteiger partial charge in [-0.15, -0.1) is 0 Å². The monoisotopic (exact) mass is 200 g/mol. The molecule has 72 valence electrons. The Bertz CT molecular complexity index is 279. The first-order chi connectivity index (χ1) is 6.20. The van der Waals surface area contributed by atoms with Crippen LogP contribution in [0.5, 0.6) is 0 Å². The third-order valence-electron chi connectivity index (χ3n) is 2.41.